The van der Waals surface area contributed by atoms with Crippen molar-refractivity contribution in [3.63, 3.8) is 0 Å². The summed E-state index contributed by atoms with van der Waals surface area (Å²) in [6.45, 7) is 0. The summed E-state index contributed by atoms with van der Waals surface area (Å²) in [7, 11) is 2.78. The first-order chi connectivity index (χ1) is 10.2. The molecule has 0 bridgehead atoms. The summed E-state index contributed by atoms with van der Waals surface area (Å²) in [5.41, 5.74) is 0.514. The first-order valence-corrected chi connectivity index (χ1v) is 6.21. The van der Waals surface area contributed by atoms with Crippen LogP contribution in [0.2, 0.25) is 0 Å². The molecule has 0 fully saturated rings. The molecule has 0 aliphatic rings. The van der Waals surface area contributed by atoms with E-state index in [1.165, 1.54) is 19.2 Å². The molecule has 21 heavy (non-hydrogen) atoms. The van der Waals surface area contributed by atoms with Gasteiger partial charge in [-0.15, -0.1) is 0 Å². The molecule has 0 radical (unpaired) electrons. The number of halogens is 1. The minimum atomic E-state index is -0.698. The quantitative estimate of drug-likeness (QED) is 0.641. The van der Waals surface area contributed by atoms with Gasteiger partial charge in [-0.05, 0) is 36.4 Å². The number of ether oxygens (including phenoxy) is 2. The van der Waals surface area contributed by atoms with Crippen LogP contribution in [-0.2, 0) is 9.53 Å². The molecule has 0 atom stereocenters. The highest BCUT2D eigenvalue weighted by Crippen LogP contribution is 2.20. The van der Waals surface area contributed by atoms with E-state index >= 15 is 0 Å². The van der Waals surface area contributed by atoms with Crippen LogP contribution in [0.4, 0.5) is 10.1 Å². The number of hydrogen-bond acceptors (Lipinski definition) is 4. The molecule has 0 amide bonds. The zero-order valence-electron chi connectivity index (χ0n) is 11.7. The fraction of sp³-hybridized carbons (Fsp3) is 0.125. The monoisotopic (exact) mass is 287 g/mol. The van der Waals surface area contributed by atoms with E-state index in [0.29, 0.717) is 11.4 Å². The van der Waals surface area contributed by atoms with Crippen molar-refractivity contribution in [1.82, 2.24) is 0 Å². The number of benzene rings is 2. The third-order valence-electron chi connectivity index (χ3n) is 2.82. The number of methoxy groups -OCH3 is 2. The van der Waals surface area contributed by atoms with Crippen LogP contribution in [0, 0.1) is 5.82 Å². The topological polar surface area (TPSA) is 47.9 Å². The van der Waals surface area contributed by atoms with Gasteiger partial charge in [-0.2, -0.15) is 0 Å². The molecular weight excluding hydrogens is 273 g/mol. The van der Waals surface area contributed by atoms with E-state index in [4.69, 9.17) is 4.74 Å². The van der Waals surface area contributed by atoms with E-state index in [9.17, 15) is 9.18 Å². The number of hydrogen-bond donors (Lipinski definition) is 0. The Kier molecular flexibility index (Phi) is 4.66. The first-order valence-electron chi connectivity index (χ1n) is 6.21. The third-order valence-corrected chi connectivity index (χ3v) is 2.82. The second kappa shape index (κ2) is 6.65. The van der Waals surface area contributed by atoms with Crippen LogP contribution in [0.1, 0.15) is 5.56 Å². The van der Waals surface area contributed by atoms with Gasteiger partial charge in [0.15, 0.2) is 5.71 Å². The molecule has 0 saturated heterocycles. The van der Waals surface area contributed by atoms with Crippen molar-refractivity contribution in [3.05, 3.63) is 59.9 Å². The average molecular weight is 287 g/mol. The maximum atomic E-state index is 13.8. The zero-order valence-corrected chi connectivity index (χ0v) is 11.7. The predicted octanol–water partition coefficient (Wildman–Crippen LogP) is 3.13. The van der Waals surface area contributed by atoms with Crippen LogP contribution in [0.5, 0.6) is 5.75 Å². The van der Waals surface area contributed by atoms with Gasteiger partial charge in [-0.1, -0.05) is 12.1 Å². The van der Waals surface area contributed by atoms with Crippen molar-refractivity contribution in [2.45, 2.75) is 0 Å². The van der Waals surface area contributed by atoms with E-state index in [-0.39, 0.29) is 11.3 Å². The maximum absolute atomic E-state index is 13.8. The van der Waals surface area contributed by atoms with Crippen molar-refractivity contribution in [2.75, 3.05) is 14.2 Å². The summed E-state index contributed by atoms with van der Waals surface area (Å²) >= 11 is 0. The Balaban J connectivity index is 2.47. The first kappa shape index (κ1) is 14.7. The summed E-state index contributed by atoms with van der Waals surface area (Å²) < 4.78 is 23.6. The Hall–Kier alpha value is -2.69. The van der Waals surface area contributed by atoms with Crippen molar-refractivity contribution in [1.29, 1.82) is 0 Å². The normalized spacial score (nSPS) is 11.1. The Morgan fingerprint density at radius 2 is 1.71 bits per heavy atom. The molecule has 108 valence electrons. The number of carbonyl (C=O) groups excluding carboxylic acids is 1. The molecule has 2 rings (SSSR count). The molecule has 5 heteroatoms. The lowest BCUT2D eigenvalue weighted by atomic mass is 10.1. The molecular formula is C16H14FNO3. The summed E-state index contributed by atoms with van der Waals surface area (Å²) in [6, 6.07) is 12.7. The SMILES string of the molecule is COC(=O)C(=Nc1ccc(OC)cc1)c1ccccc1F. The Morgan fingerprint density at radius 3 is 2.29 bits per heavy atom. The number of esters is 1. The molecule has 0 unspecified atom stereocenters. The van der Waals surface area contributed by atoms with Gasteiger partial charge in [0.1, 0.15) is 11.6 Å². The van der Waals surface area contributed by atoms with Gasteiger partial charge in [0.05, 0.1) is 19.9 Å². The van der Waals surface area contributed by atoms with Gasteiger partial charge in [0, 0.05) is 5.56 Å². The van der Waals surface area contributed by atoms with E-state index in [1.807, 2.05) is 0 Å². The number of rotatable bonds is 4. The van der Waals surface area contributed by atoms with Crippen LogP contribution in [0.15, 0.2) is 53.5 Å². The largest absolute Gasteiger partial charge is 0.497 e. The fourth-order valence-electron chi connectivity index (χ4n) is 1.75. The molecule has 0 N–H and O–H groups in total. The van der Waals surface area contributed by atoms with E-state index in [2.05, 4.69) is 9.73 Å². The fourth-order valence-corrected chi connectivity index (χ4v) is 1.75. The van der Waals surface area contributed by atoms with Gasteiger partial charge in [-0.25, -0.2) is 14.2 Å². The van der Waals surface area contributed by atoms with Crippen LogP contribution in [0.25, 0.3) is 0 Å². The third kappa shape index (κ3) is 3.45. The molecule has 0 saturated carbocycles. The smallest absolute Gasteiger partial charge is 0.357 e. The number of nitrogens with zero attached hydrogens (tertiary/aromatic N) is 1. The zero-order chi connectivity index (χ0) is 15.2. The Morgan fingerprint density at radius 1 is 1.05 bits per heavy atom. The maximum Gasteiger partial charge on any atom is 0.357 e. The summed E-state index contributed by atoms with van der Waals surface area (Å²) in [5.74, 6) is -0.564. The highest BCUT2D eigenvalue weighted by Gasteiger charge is 2.18. The summed E-state index contributed by atoms with van der Waals surface area (Å²) in [4.78, 5) is 16.0. The van der Waals surface area contributed by atoms with Crippen LogP contribution in [-0.4, -0.2) is 25.9 Å². The van der Waals surface area contributed by atoms with Gasteiger partial charge >= 0.3 is 5.97 Å². The van der Waals surface area contributed by atoms with Crippen LogP contribution >= 0.6 is 0 Å². The summed E-state index contributed by atoms with van der Waals surface area (Å²) in [5, 5.41) is 0. The highest BCUT2D eigenvalue weighted by atomic mass is 19.1. The minimum Gasteiger partial charge on any atom is -0.497 e. The average Bonchev–Trinajstić information content (AvgIpc) is 2.53. The van der Waals surface area contributed by atoms with Crippen molar-refractivity contribution in [2.24, 2.45) is 4.99 Å². The molecule has 0 aliphatic heterocycles. The van der Waals surface area contributed by atoms with Gasteiger partial charge in [0.2, 0.25) is 0 Å². The highest BCUT2D eigenvalue weighted by molar-refractivity contribution is 6.43. The van der Waals surface area contributed by atoms with Crippen molar-refractivity contribution in [3.8, 4) is 5.75 Å². The lowest BCUT2D eigenvalue weighted by Crippen LogP contribution is -2.18. The van der Waals surface area contributed by atoms with Crippen molar-refractivity contribution < 1.29 is 18.7 Å². The number of aliphatic imine (C=N–C) groups is 1. The minimum absolute atomic E-state index is 0.0826. The second-order valence-electron chi connectivity index (χ2n) is 4.13. The Bertz CT molecular complexity index is 665. The van der Waals surface area contributed by atoms with E-state index in [0.717, 1.165) is 0 Å². The molecule has 2 aromatic rings. The Labute approximate surface area is 121 Å². The van der Waals surface area contributed by atoms with Gasteiger partial charge < -0.3 is 9.47 Å². The molecule has 0 spiro atoms. The van der Waals surface area contributed by atoms with E-state index in [1.54, 1.807) is 43.5 Å². The van der Waals surface area contributed by atoms with Gasteiger partial charge in [0.25, 0.3) is 0 Å². The lowest BCUT2D eigenvalue weighted by Gasteiger charge is -2.06. The molecule has 4 nitrogen and oxygen atoms in total. The molecule has 0 aliphatic carbocycles. The lowest BCUT2D eigenvalue weighted by molar-refractivity contribution is -0.132. The summed E-state index contributed by atoms with van der Waals surface area (Å²) in [6.07, 6.45) is 0. The predicted molar refractivity (Wildman–Crippen MR) is 77.6 cm³/mol. The van der Waals surface area contributed by atoms with Gasteiger partial charge in [-0.3, -0.25) is 0 Å². The number of carbonyl (C=O) groups is 1. The molecule has 2 aromatic carbocycles. The molecule has 0 heterocycles. The van der Waals surface area contributed by atoms with E-state index < -0.39 is 11.8 Å². The standard InChI is InChI=1S/C16H14FNO3/c1-20-12-9-7-11(8-10-12)18-15(16(19)21-2)13-5-3-4-6-14(13)17/h3-10H,1-2H3. The second-order valence-corrected chi connectivity index (χ2v) is 4.13. The van der Waals surface area contributed by atoms with Crippen molar-refractivity contribution >= 4 is 17.4 Å². The van der Waals surface area contributed by atoms with Crippen LogP contribution in [0.3, 0.4) is 0 Å². The molecule has 0 aromatic heterocycles. The van der Waals surface area contributed by atoms with Crippen LogP contribution < -0.4 is 4.74 Å².